The van der Waals surface area contributed by atoms with Crippen molar-refractivity contribution in [3.8, 4) is 23.7 Å². The summed E-state index contributed by atoms with van der Waals surface area (Å²) in [5.41, 5.74) is 4.16. The van der Waals surface area contributed by atoms with Crippen LogP contribution in [0.25, 0.3) is 0 Å². The fourth-order valence-electron chi connectivity index (χ4n) is 3.66. The van der Waals surface area contributed by atoms with Gasteiger partial charge in [-0.15, -0.1) is 0 Å². The summed E-state index contributed by atoms with van der Waals surface area (Å²) in [6, 6.07) is 18.1. The largest absolute Gasteiger partial charge is 0.206 e. The van der Waals surface area contributed by atoms with Crippen molar-refractivity contribution in [2.24, 2.45) is 0 Å². The molecule has 0 nitrogen and oxygen atoms in total. The summed E-state index contributed by atoms with van der Waals surface area (Å²) < 4.78 is 29.1. The van der Waals surface area contributed by atoms with Gasteiger partial charge in [-0.2, -0.15) is 0 Å². The van der Waals surface area contributed by atoms with E-state index in [1.165, 1.54) is 36.8 Å². The molecule has 0 atom stereocenters. The molecule has 0 heterocycles. The third-order valence-electron chi connectivity index (χ3n) is 5.79. The van der Waals surface area contributed by atoms with Crippen LogP contribution in [0.15, 0.2) is 60.7 Å². The lowest BCUT2D eigenvalue weighted by Gasteiger charge is -2.01. The number of rotatable bonds is 8. The Morgan fingerprint density at radius 2 is 0.971 bits per heavy atom. The van der Waals surface area contributed by atoms with Crippen LogP contribution in [-0.4, -0.2) is 0 Å². The average Bonchev–Trinajstić information content (AvgIpc) is 2.86. The first kappa shape index (κ1) is 25.3. The maximum Gasteiger partial charge on any atom is 0.140 e. The van der Waals surface area contributed by atoms with E-state index in [2.05, 4.69) is 49.7 Å². The van der Waals surface area contributed by atoms with E-state index in [0.717, 1.165) is 48.9 Å². The van der Waals surface area contributed by atoms with Crippen LogP contribution in [0, 0.1) is 35.3 Å². The van der Waals surface area contributed by atoms with Crippen molar-refractivity contribution in [1.82, 2.24) is 0 Å². The third kappa shape index (κ3) is 7.90. The first-order valence-corrected chi connectivity index (χ1v) is 12.3. The Balaban J connectivity index is 1.66. The van der Waals surface area contributed by atoms with Gasteiger partial charge in [0.05, 0.1) is 11.1 Å². The first-order valence-electron chi connectivity index (χ1n) is 12.3. The van der Waals surface area contributed by atoms with Gasteiger partial charge in [-0.3, -0.25) is 0 Å². The first-order chi connectivity index (χ1) is 16.6. The molecule has 3 aromatic rings. The second-order valence-corrected chi connectivity index (χ2v) is 8.62. The summed E-state index contributed by atoms with van der Waals surface area (Å²) in [7, 11) is 0. The van der Waals surface area contributed by atoms with Crippen LogP contribution in [0.1, 0.15) is 85.8 Å². The predicted octanol–water partition coefficient (Wildman–Crippen LogP) is 8.23. The molecule has 0 aromatic heterocycles. The molecule has 2 heteroatoms. The normalized spacial score (nSPS) is 10.2. The quantitative estimate of drug-likeness (QED) is 0.237. The molecular weight excluding hydrogens is 422 g/mol. The lowest BCUT2D eigenvalue weighted by Crippen LogP contribution is -1.92. The summed E-state index contributed by atoms with van der Waals surface area (Å²) in [6.45, 7) is 4.37. The molecular formula is C32H32F2. The Morgan fingerprint density at radius 1 is 0.529 bits per heavy atom. The Morgan fingerprint density at radius 3 is 1.41 bits per heavy atom. The molecule has 174 valence electrons. The molecule has 0 N–H and O–H groups in total. The molecule has 34 heavy (non-hydrogen) atoms. The molecule has 0 aliphatic heterocycles. The fourth-order valence-corrected chi connectivity index (χ4v) is 3.66. The van der Waals surface area contributed by atoms with Crippen molar-refractivity contribution in [2.75, 3.05) is 0 Å². The lowest BCUT2D eigenvalue weighted by atomic mass is 10.0. The van der Waals surface area contributed by atoms with E-state index in [0.29, 0.717) is 0 Å². The van der Waals surface area contributed by atoms with Gasteiger partial charge in [0.15, 0.2) is 0 Å². The van der Waals surface area contributed by atoms with Crippen LogP contribution in [0.4, 0.5) is 8.78 Å². The average molecular weight is 455 g/mol. The van der Waals surface area contributed by atoms with Gasteiger partial charge >= 0.3 is 0 Å². The number of benzene rings is 3. The second kappa shape index (κ2) is 13.4. The predicted molar refractivity (Wildman–Crippen MR) is 138 cm³/mol. The van der Waals surface area contributed by atoms with E-state index in [1.54, 1.807) is 0 Å². The number of aryl methyl sites for hydroxylation is 2. The van der Waals surface area contributed by atoms with Crippen LogP contribution in [-0.2, 0) is 12.8 Å². The van der Waals surface area contributed by atoms with Crippen molar-refractivity contribution in [2.45, 2.75) is 65.2 Å². The van der Waals surface area contributed by atoms with Crippen LogP contribution in [0.3, 0.4) is 0 Å². The molecule has 0 saturated heterocycles. The maximum atomic E-state index is 14.6. The van der Waals surface area contributed by atoms with Crippen molar-refractivity contribution < 1.29 is 8.78 Å². The maximum absolute atomic E-state index is 14.6. The van der Waals surface area contributed by atoms with E-state index < -0.39 is 11.6 Å². The lowest BCUT2D eigenvalue weighted by molar-refractivity contribution is 0.594. The van der Waals surface area contributed by atoms with Gasteiger partial charge in [-0.05, 0) is 73.2 Å². The molecule has 0 radical (unpaired) electrons. The van der Waals surface area contributed by atoms with Crippen molar-refractivity contribution in [3.05, 3.63) is 106 Å². The summed E-state index contributed by atoms with van der Waals surface area (Å²) >= 11 is 0. The molecule has 0 unspecified atom stereocenters. The standard InChI is InChI=1S/C32H32F2/c1-3-5-7-8-10-26-13-17-28(18-14-26)20-22-30-24-31(33)29(23-32(30)34)21-19-27-15-11-25(12-16-27)9-6-4-2/h11-18,23-24H,3-10H2,1-2H3. The van der Waals surface area contributed by atoms with Gasteiger partial charge in [-0.1, -0.05) is 87.5 Å². The highest BCUT2D eigenvalue weighted by molar-refractivity contribution is 5.49. The van der Waals surface area contributed by atoms with Gasteiger partial charge < -0.3 is 0 Å². The monoisotopic (exact) mass is 454 g/mol. The zero-order valence-corrected chi connectivity index (χ0v) is 20.2. The fraction of sp³-hybridized carbons (Fsp3) is 0.312. The topological polar surface area (TPSA) is 0 Å². The van der Waals surface area contributed by atoms with Crippen LogP contribution >= 0.6 is 0 Å². The summed E-state index contributed by atoms with van der Waals surface area (Å²) in [5.74, 6) is 10.2. The molecule has 0 saturated carbocycles. The Kier molecular flexibility index (Phi) is 9.94. The minimum absolute atomic E-state index is 0.0329. The summed E-state index contributed by atoms with van der Waals surface area (Å²) in [4.78, 5) is 0. The van der Waals surface area contributed by atoms with Gasteiger partial charge in [0.1, 0.15) is 11.6 Å². The highest BCUT2D eigenvalue weighted by atomic mass is 19.1. The van der Waals surface area contributed by atoms with Gasteiger partial charge in [0.2, 0.25) is 0 Å². The minimum Gasteiger partial charge on any atom is -0.206 e. The van der Waals surface area contributed by atoms with Gasteiger partial charge in [-0.25, -0.2) is 8.78 Å². The van der Waals surface area contributed by atoms with Crippen molar-refractivity contribution in [3.63, 3.8) is 0 Å². The molecule has 3 rings (SSSR count). The zero-order valence-electron chi connectivity index (χ0n) is 20.2. The van der Waals surface area contributed by atoms with Crippen LogP contribution in [0.2, 0.25) is 0 Å². The second-order valence-electron chi connectivity index (χ2n) is 8.62. The van der Waals surface area contributed by atoms with Crippen molar-refractivity contribution in [1.29, 1.82) is 0 Å². The zero-order chi connectivity index (χ0) is 24.2. The highest BCUT2D eigenvalue weighted by Crippen LogP contribution is 2.15. The molecule has 0 aliphatic carbocycles. The van der Waals surface area contributed by atoms with Gasteiger partial charge in [0, 0.05) is 11.1 Å². The Labute approximate surface area is 203 Å². The molecule has 3 aromatic carbocycles. The SMILES string of the molecule is CCCCCCc1ccc(C#Cc2cc(F)c(C#Cc3ccc(CCCC)cc3)cc2F)cc1. The van der Waals surface area contributed by atoms with Crippen LogP contribution in [0.5, 0.6) is 0 Å². The van der Waals surface area contributed by atoms with E-state index in [9.17, 15) is 8.78 Å². The van der Waals surface area contributed by atoms with Crippen LogP contribution < -0.4 is 0 Å². The van der Waals surface area contributed by atoms with E-state index in [-0.39, 0.29) is 11.1 Å². The molecule has 0 bridgehead atoms. The summed E-state index contributed by atoms with van der Waals surface area (Å²) in [6.07, 6.45) is 9.31. The minimum atomic E-state index is -0.569. The summed E-state index contributed by atoms with van der Waals surface area (Å²) in [5, 5.41) is 0. The highest BCUT2D eigenvalue weighted by Gasteiger charge is 2.07. The number of hydrogen-bond acceptors (Lipinski definition) is 0. The smallest absolute Gasteiger partial charge is 0.140 e. The molecule has 0 amide bonds. The van der Waals surface area contributed by atoms with Crippen molar-refractivity contribution >= 4 is 0 Å². The number of unbranched alkanes of at least 4 members (excludes halogenated alkanes) is 4. The van der Waals surface area contributed by atoms with E-state index >= 15 is 0 Å². The molecule has 0 aliphatic rings. The third-order valence-corrected chi connectivity index (χ3v) is 5.79. The van der Waals surface area contributed by atoms with Gasteiger partial charge in [0.25, 0.3) is 0 Å². The molecule has 0 spiro atoms. The number of halogens is 2. The Hall–Kier alpha value is -3.36. The molecule has 0 fully saturated rings. The van der Waals surface area contributed by atoms with E-state index in [1.807, 2.05) is 36.4 Å². The Bertz CT molecular complexity index is 1180. The van der Waals surface area contributed by atoms with E-state index in [4.69, 9.17) is 0 Å². The number of hydrogen-bond donors (Lipinski definition) is 0.